The number of urea groups is 2. The highest BCUT2D eigenvalue weighted by atomic mass is 16.6. The van der Waals surface area contributed by atoms with E-state index in [1.807, 2.05) is 60.7 Å². The van der Waals surface area contributed by atoms with E-state index in [9.17, 15) is 9.59 Å². The molecule has 6 rings (SSSR count). The number of epoxide rings is 2. The number of hydrogen-bond donors (Lipinski definition) is 0. The average molecular weight is 406 g/mol. The summed E-state index contributed by atoms with van der Waals surface area (Å²) in [4.78, 5) is 30.8. The summed E-state index contributed by atoms with van der Waals surface area (Å²) in [5, 5.41) is 3.22. The van der Waals surface area contributed by atoms with Crippen LogP contribution in [0.5, 0.6) is 0 Å². The third kappa shape index (κ3) is 2.83. The van der Waals surface area contributed by atoms with Crippen molar-refractivity contribution in [1.82, 2.24) is 19.8 Å². The Bertz CT molecular complexity index is 884. The summed E-state index contributed by atoms with van der Waals surface area (Å²) in [6, 6.07) is 19.1. The summed E-state index contributed by atoms with van der Waals surface area (Å²) in [6.07, 6.45) is -0.927. The van der Waals surface area contributed by atoms with Crippen molar-refractivity contribution in [3.63, 3.8) is 0 Å². The molecule has 4 atom stereocenters. The van der Waals surface area contributed by atoms with Gasteiger partial charge in [0.25, 0.3) is 0 Å². The van der Waals surface area contributed by atoms with E-state index in [0.29, 0.717) is 26.3 Å². The van der Waals surface area contributed by atoms with E-state index < -0.39 is 12.3 Å². The minimum atomic E-state index is -0.494. The monoisotopic (exact) mass is 406 g/mol. The second-order valence-electron chi connectivity index (χ2n) is 8.04. The maximum absolute atomic E-state index is 13.7. The molecule has 4 saturated heterocycles. The second-order valence-corrected chi connectivity index (χ2v) is 8.04. The van der Waals surface area contributed by atoms with Crippen LogP contribution in [0.4, 0.5) is 9.59 Å². The molecule has 8 nitrogen and oxygen atoms in total. The highest BCUT2D eigenvalue weighted by Gasteiger charge is 2.59. The first-order valence-electron chi connectivity index (χ1n) is 10.2. The molecule has 4 amide bonds. The van der Waals surface area contributed by atoms with Gasteiger partial charge in [0.2, 0.25) is 0 Å². The Morgan fingerprint density at radius 1 is 0.667 bits per heavy atom. The van der Waals surface area contributed by atoms with Crippen molar-refractivity contribution in [3.8, 4) is 0 Å². The number of carbonyl (C=O) groups excluding carboxylic acids is 2. The SMILES string of the molecule is O=C1N(C[C@@H]2CO2)[C@H](c2ccccc2)N2C(=O)N(C[C@H]3CO3)[C@H](c3ccccc3)N12. The van der Waals surface area contributed by atoms with Gasteiger partial charge in [-0.3, -0.25) is 9.80 Å². The lowest BCUT2D eigenvalue weighted by Gasteiger charge is -2.29. The number of carbonyl (C=O) groups is 2. The molecule has 2 aromatic carbocycles. The Hall–Kier alpha value is -3.10. The molecule has 0 radical (unpaired) electrons. The summed E-state index contributed by atoms with van der Waals surface area (Å²) in [7, 11) is 0. The molecule has 154 valence electrons. The predicted molar refractivity (Wildman–Crippen MR) is 106 cm³/mol. The lowest BCUT2D eigenvalue weighted by Crippen LogP contribution is -2.42. The minimum Gasteiger partial charge on any atom is -0.371 e. The lowest BCUT2D eigenvalue weighted by molar-refractivity contribution is 0.0504. The molecule has 0 aromatic heterocycles. The van der Waals surface area contributed by atoms with Gasteiger partial charge in [0.15, 0.2) is 12.3 Å². The fourth-order valence-corrected chi connectivity index (χ4v) is 4.40. The van der Waals surface area contributed by atoms with Crippen LogP contribution in [-0.2, 0) is 9.47 Å². The van der Waals surface area contributed by atoms with Crippen molar-refractivity contribution in [3.05, 3.63) is 71.8 Å². The highest BCUT2D eigenvalue weighted by Crippen LogP contribution is 2.46. The van der Waals surface area contributed by atoms with Crippen LogP contribution in [-0.4, -0.2) is 70.4 Å². The molecule has 0 bridgehead atoms. The molecule has 2 aromatic rings. The quantitative estimate of drug-likeness (QED) is 0.692. The van der Waals surface area contributed by atoms with Crippen LogP contribution in [0.2, 0.25) is 0 Å². The molecule has 30 heavy (non-hydrogen) atoms. The van der Waals surface area contributed by atoms with Crippen molar-refractivity contribution >= 4 is 12.1 Å². The zero-order chi connectivity index (χ0) is 20.2. The number of nitrogens with zero attached hydrogens (tertiary/aromatic N) is 4. The minimum absolute atomic E-state index is 0.0302. The number of hydrogen-bond acceptors (Lipinski definition) is 4. The Kier molecular flexibility index (Phi) is 3.97. The van der Waals surface area contributed by atoms with Crippen LogP contribution < -0.4 is 0 Å². The number of rotatable bonds is 6. The number of benzene rings is 2. The first-order chi connectivity index (χ1) is 14.7. The summed E-state index contributed by atoms with van der Waals surface area (Å²) >= 11 is 0. The van der Waals surface area contributed by atoms with Crippen molar-refractivity contribution < 1.29 is 19.1 Å². The normalized spacial score (nSPS) is 29.6. The highest BCUT2D eigenvalue weighted by molar-refractivity contribution is 5.88. The van der Waals surface area contributed by atoms with Gasteiger partial charge in [-0.2, -0.15) is 0 Å². The Labute approximate surface area is 174 Å². The molecule has 0 unspecified atom stereocenters. The standard InChI is InChI=1S/C22H22N4O4/c27-21-23(11-17-13-29-17)19(15-7-3-1-4-8-15)25-22(28)24(12-18-14-30-18)20(26(21)25)16-9-5-2-6-10-16/h1-10,17-20H,11-14H2/t17-,18+,19-,20-/m0/s1. The van der Waals surface area contributed by atoms with E-state index in [1.54, 1.807) is 19.8 Å². The zero-order valence-corrected chi connectivity index (χ0v) is 16.3. The van der Waals surface area contributed by atoms with Gasteiger partial charge in [0.1, 0.15) is 0 Å². The molecule has 0 N–H and O–H groups in total. The maximum atomic E-state index is 13.7. The van der Waals surface area contributed by atoms with E-state index in [2.05, 4.69) is 0 Å². The van der Waals surface area contributed by atoms with Crippen LogP contribution >= 0.6 is 0 Å². The molecule has 4 heterocycles. The summed E-state index contributed by atoms with van der Waals surface area (Å²) < 4.78 is 10.8. The smallest absolute Gasteiger partial charge is 0.343 e. The van der Waals surface area contributed by atoms with Gasteiger partial charge in [0.05, 0.1) is 38.5 Å². The van der Waals surface area contributed by atoms with Gasteiger partial charge in [-0.05, 0) is 11.1 Å². The summed E-state index contributed by atoms with van der Waals surface area (Å²) in [6.45, 7) is 2.22. The lowest BCUT2D eigenvalue weighted by atomic mass is 10.1. The Morgan fingerprint density at radius 3 is 1.37 bits per heavy atom. The number of amides is 4. The Balaban J connectivity index is 1.44. The van der Waals surface area contributed by atoms with Gasteiger partial charge < -0.3 is 9.47 Å². The van der Waals surface area contributed by atoms with Gasteiger partial charge >= 0.3 is 12.1 Å². The first-order valence-corrected chi connectivity index (χ1v) is 10.2. The molecule has 0 saturated carbocycles. The van der Waals surface area contributed by atoms with Crippen LogP contribution in [0, 0.1) is 0 Å². The van der Waals surface area contributed by atoms with Gasteiger partial charge in [-0.25, -0.2) is 19.6 Å². The fraction of sp³-hybridized carbons (Fsp3) is 0.364. The molecule has 8 heteroatoms. The summed E-state index contributed by atoms with van der Waals surface area (Å²) in [5.74, 6) is 0. The van der Waals surface area contributed by atoms with Gasteiger partial charge in [0, 0.05) is 0 Å². The third-order valence-corrected chi connectivity index (χ3v) is 5.97. The van der Waals surface area contributed by atoms with Crippen LogP contribution in [0.25, 0.3) is 0 Å². The molecule has 4 aliphatic rings. The Morgan fingerprint density at radius 2 is 1.03 bits per heavy atom. The topological polar surface area (TPSA) is 72.2 Å². The number of fused-ring (bicyclic) bond motifs is 1. The van der Waals surface area contributed by atoms with Crippen LogP contribution in [0.15, 0.2) is 60.7 Å². The number of ether oxygens (including phenoxy) is 2. The first kappa shape index (κ1) is 17.7. The van der Waals surface area contributed by atoms with E-state index in [1.165, 1.54) is 0 Å². The van der Waals surface area contributed by atoms with Gasteiger partial charge in [-0.1, -0.05) is 60.7 Å². The van der Waals surface area contributed by atoms with Crippen LogP contribution in [0.3, 0.4) is 0 Å². The maximum Gasteiger partial charge on any atom is 0.343 e. The van der Waals surface area contributed by atoms with Crippen molar-refractivity contribution in [2.24, 2.45) is 0 Å². The van der Waals surface area contributed by atoms with Gasteiger partial charge in [-0.15, -0.1) is 0 Å². The predicted octanol–water partition coefficient (Wildman–Crippen LogP) is 2.57. The second kappa shape index (κ2) is 6.72. The molecule has 0 aliphatic carbocycles. The summed E-state index contributed by atoms with van der Waals surface area (Å²) in [5.41, 5.74) is 1.80. The largest absolute Gasteiger partial charge is 0.371 e. The van der Waals surface area contributed by atoms with Crippen molar-refractivity contribution in [2.75, 3.05) is 26.3 Å². The van der Waals surface area contributed by atoms with Crippen molar-refractivity contribution in [1.29, 1.82) is 0 Å². The molecule has 4 fully saturated rings. The zero-order valence-electron chi connectivity index (χ0n) is 16.3. The van der Waals surface area contributed by atoms with Crippen molar-refractivity contribution in [2.45, 2.75) is 24.5 Å². The molecule has 0 spiro atoms. The van der Waals surface area contributed by atoms with E-state index >= 15 is 0 Å². The number of hydrazine groups is 1. The molecule has 4 aliphatic heterocycles. The molecular weight excluding hydrogens is 384 g/mol. The van der Waals surface area contributed by atoms with E-state index in [-0.39, 0.29) is 24.3 Å². The molecular formula is C22H22N4O4. The van der Waals surface area contributed by atoms with E-state index in [0.717, 1.165) is 11.1 Å². The average Bonchev–Trinajstić information content (AvgIpc) is 3.70. The fourth-order valence-electron chi connectivity index (χ4n) is 4.40. The van der Waals surface area contributed by atoms with Crippen LogP contribution in [0.1, 0.15) is 23.5 Å². The van der Waals surface area contributed by atoms with E-state index in [4.69, 9.17) is 9.47 Å². The third-order valence-electron chi connectivity index (χ3n) is 5.97.